The third-order valence-electron chi connectivity index (χ3n) is 4.69. The van der Waals surface area contributed by atoms with Crippen LogP contribution in [0.4, 0.5) is 11.4 Å². The lowest BCUT2D eigenvalue weighted by Gasteiger charge is -2.11. The lowest BCUT2D eigenvalue weighted by molar-refractivity contribution is -0.114. The van der Waals surface area contributed by atoms with E-state index < -0.39 is 0 Å². The van der Waals surface area contributed by atoms with Crippen molar-refractivity contribution in [2.24, 2.45) is 5.92 Å². The molecule has 1 aromatic heterocycles. The zero-order chi connectivity index (χ0) is 22.8. The molecule has 0 spiro atoms. The van der Waals surface area contributed by atoms with Crippen molar-refractivity contribution < 1.29 is 18.7 Å². The molecule has 0 radical (unpaired) electrons. The molecule has 0 fully saturated rings. The predicted molar refractivity (Wildman–Crippen MR) is 125 cm³/mol. The molecule has 7 nitrogen and oxygen atoms in total. The van der Waals surface area contributed by atoms with Gasteiger partial charge in [-0.1, -0.05) is 19.9 Å². The molecule has 0 aliphatic rings. The average Bonchev–Trinajstić information content (AvgIpc) is 3.30. The van der Waals surface area contributed by atoms with E-state index in [0.717, 1.165) is 17.9 Å². The van der Waals surface area contributed by atoms with Crippen molar-refractivity contribution in [2.75, 3.05) is 23.8 Å². The fraction of sp³-hybridized carbons (Fsp3) is 0.280. The molecule has 0 bridgehead atoms. The van der Waals surface area contributed by atoms with Crippen LogP contribution in [0, 0.1) is 5.92 Å². The summed E-state index contributed by atoms with van der Waals surface area (Å²) in [7, 11) is 0. The molecule has 0 aliphatic carbocycles. The van der Waals surface area contributed by atoms with Crippen LogP contribution in [-0.2, 0) is 11.3 Å². The Hall–Kier alpha value is -3.74. The minimum absolute atomic E-state index is 0.0997. The number of nitrogens with one attached hydrogen (secondary N) is 3. The third-order valence-corrected chi connectivity index (χ3v) is 4.69. The molecule has 0 saturated carbocycles. The number of carbonyl (C=O) groups is 2. The van der Waals surface area contributed by atoms with Gasteiger partial charge in [0.05, 0.1) is 26.0 Å². The number of benzene rings is 2. The first kappa shape index (κ1) is 22.9. The van der Waals surface area contributed by atoms with E-state index in [9.17, 15) is 9.59 Å². The lowest BCUT2D eigenvalue weighted by atomic mass is 10.1. The van der Waals surface area contributed by atoms with Crippen LogP contribution in [0.2, 0.25) is 0 Å². The van der Waals surface area contributed by atoms with Gasteiger partial charge in [-0.25, -0.2) is 0 Å². The van der Waals surface area contributed by atoms with E-state index in [1.54, 1.807) is 42.7 Å². The second-order valence-corrected chi connectivity index (χ2v) is 7.80. The number of hydrogen-bond donors (Lipinski definition) is 3. The van der Waals surface area contributed by atoms with Crippen molar-refractivity contribution in [3.05, 3.63) is 78.3 Å². The molecule has 3 aromatic rings. The van der Waals surface area contributed by atoms with Crippen LogP contribution in [-0.4, -0.2) is 25.0 Å². The summed E-state index contributed by atoms with van der Waals surface area (Å²) in [5.41, 5.74) is 1.96. The van der Waals surface area contributed by atoms with E-state index in [0.29, 0.717) is 36.1 Å². The minimum atomic E-state index is -0.193. The first-order valence-corrected chi connectivity index (χ1v) is 10.7. The smallest absolute Gasteiger partial charge is 0.251 e. The number of hydrogen-bond acceptors (Lipinski definition) is 5. The summed E-state index contributed by atoms with van der Waals surface area (Å²) < 4.78 is 10.9. The average molecular weight is 436 g/mol. The largest absolute Gasteiger partial charge is 0.494 e. The Morgan fingerprint density at radius 2 is 1.81 bits per heavy atom. The Morgan fingerprint density at radius 1 is 1.00 bits per heavy atom. The van der Waals surface area contributed by atoms with Gasteiger partial charge in [0.25, 0.3) is 5.91 Å². The summed E-state index contributed by atoms with van der Waals surface area (Å²) in [6, 6.07) is 17.9. The van der Waals surface area contributed by atoms with Gasteiger partial charge in [-0.2, -0.15) is 0 Å². The van der Waals surface area contributed by atoms with E-state index in [2.05, 4.69) is 29.8 Å². The predicted octanol–water partition coefficient (Wildman–Crippen LogP) is 4.69. The van der Waals surface area contributed by atoms with E-state index in [4.69, 9.17) is 9.15 Å². The van der Waals surface area contributed by atoms with Gasteiger partial charge in [-0.05, 0) is 60.9 Å². The minimum Gasteiger partial charge on any atom is -0.494 e. The van der Waals surface area contributed by atoms with Crippen LogP contribution in [0.5, 0.6) is 5.75 Å². The van der Waals surface area contributed by atoms with Gasteiger partial charge < -0.3 is 25.1 Å². The number of rotatable bonds is 11. The molecule has 32 heavy (non-hydrogen) atoms. The van der Waals surface area contributed by atoms with Crippen LogP contribution in [0.15, 0.2) is 71.3 Å². The molecule has 0 atom stereocenters. The summed E-state index contributed by atoms with van der Waals surface area (Å²) in [5, 5.41) is 8.71. The van der Waals surface area contributed by atoms with Gasteiger partial charge in [0, 0.05) is 23.0 Å². The molecule has 7 heteroatoms. The normalized spacial score (nSPS) is 10.6. The molecular weight excluding hydrogens is 406 g/mol. The number of anilines is 2. The monoisotopic (exact) mass is 435 g/mol. The van der Waals surface area contributed by atoms with Gasteiger partial charge in [-0.3, -0.25) is 9.59 Å². The van der Waals surface area contributed by atoms with E-state index in [-0.39, 0.29) is 18.4 Å². The Bertz CT molecular complexity index is 998. The molecule has 3 N–H and O–H groups in total. The van der Waals surface area contributed by atoms with Crippen molar-refractivity contribution in [1.29, 1.82) is 0 Å². The summed E-state index contributed by atoms with van der Waals surface area (Å²) in [4.78, 5) is 24.5. The van der Waals surface area contributed by atoms with Gasteiger partial charge in [0.2, 0.25) is 5.91 Å². The van der Waals surface area contributed by atoms with Crippen molar-refractivity contribution >= 4 is 23.2 Å². The van der Waals surface area contributed by atoms with Crippen LogP contribution >= 0.6 is 0 Å². The number of furan rings is 1. The van der Waals surface area contributed by atoms with E-state index >= 15 is 0 Å². The van der Waals surface area contributed by atoms with Gasteiger partial charge >= 0.3 is 0 Å². The topological polar surface area (TPSA) is 92.6 Å². The van der Waals surface area contributed by atoms with Gasteiger partial charge in [0.1, 0.15) is 11.5 Å². The standard InChI is InChI=1S/C25H29N3O4/c1-18(2)12-14-32-22-6-3-5-21(15-22)28-24(29)17-26-20-10-8-19(9-11-20)25(30)27-16-23-7-4-13-31-23/h3-11,13,15,18,26H,12,14,16-17H2,1-2H3,(H,27,30)(H,28,29). The van der Waals surface area contributed by atoms with Crippen molar-refractivity contribution in [2.45, 2.75) is 26.8 Å². The first-order valence-electron chi connectivity index (χ1n) is 10.7. The Kier molecular flexibility index (Phi) is 8.31. The Labute approximate surface area is 188 Å². The van der Waals surface area contributed by atoms with Crippen LogP contribution in [0.1, 0.15) is 36.4 Å². The zero-order valence-electron chi connectivity index (χ0n) is 18.4. The highest BCUT2D eigenvalue weighted by Gasteiger charge is 2.08. The van der Waals surface area contributed by atoms with Crippen LogP contribution < -0.4 is 20.7 Å². The van der Waals surface area contributed by atoms with Gasteiger partial charge in [0.15, 0.2) is 0 Å². The van der Waals surface area contributed by atoms with E-state index in [1.165, 1.54) is 0 Å². The maximum atomic E-state index is 12.3. The van der Waals surface area contributed by atoms with Gasteiger partial charge in [-0.15, -0.1) is 0 Å². The second-order valence-electron chi connectivity index (χ2n) is 7.80. The van der Waals surface area contributed by atoms with Crippen LogP contribution in [0.3, 0.4) is 0 Å². The molecule has 0 aliphatic heterocycles. The lowest BCUT2D eigenvalue weighted by Crippen LogP contribution is -2.23. The molecule has 0 saturated heterocycles. The summed E-state index contributed by atoms with van der Waals surface area (Å²) in [6.45, 7) is 5.38. The maximum absolute atomic E-state index is 12.3. The first-order chi connectivity index (χ1) is 15.5. The number of carbonyl (C=O) groups excluding carboxylic acids is 2. The molecule has 168 valence electrons. The zero-order valence-corrected chi connectivity index (χ0v) is 18.4. The molecular formula is C25H29N3O4. The summed E-state index contributed by atoms with van der Waals surface area (Å²) in [6.07, 6.45) is 2.54. The summed E-state index contributed by atoms with van der Waals surface area (Å²) >= 11 is 0. The van der Waals surface area contributed by atoms with E-state index in [1.807, 2.05) is 24.3 Å². The maximum Gasteiger partial charge on any atom is 0.251 e. The molecule has 3 rings (SSSR count). The van der Waals surface area contributed by atoms with Crippen molar-refractivity contribution in [3.63, 3.8) is 0 Å². The SMILES string of the molecule is CC(C)CCOc1cccc(NC(=O)CNc2ccc(C(=O)NCc3ccco3)cc2)c1. The third kappa shape index (κ3) is 7.50. The molecule has 2 amide bonds. The summed E-state index contributed by atoms with van der Waals surface area (Å²) in [5.74, 6) is 1.63. The second kappa shape index (κ2) is 11.6. The van der Waals surface area contributed by atoms with Crippen LogP contribution in [0.25, 0.3) is 0 Å². The molecule has 2 aromatic carbocycles. The molecule has 1 heterocycles. The fourth-order valence-corrected chi connectivity index (χ4v) is 2.89. The molecule has 0 unspecified atom stereocenters. The number of amides is 2. The highest BCUT2D eigenvalue weighted by atomic mass is 16.5. The van der Waals surface area contributed by atoms with Crippen molar-refractivity contribution in [3.8, 4) is 5.75 Å². The Balaban J connectivity index is 1.43. The number of ether oxygens (including phenoxy) is 1. The van der Waals surface area contributed by atoms with Crippen molar-refractivity contribution in [1.82, 2.24) is 5.32 Å². The highest BCUT2D eigenvalue weighted by Crippen LogP contribution is 2.18. The quantitative estimate of drug-likeness (QED) is 0.407. The highest BCUT2D eigenvalue weighted by molar-refractivity contribution is 5.95. The Morgan fingerprint density at radius 3 is 2.53 bits per heavy atom. The fourth-order valence-electron chi connectivity index (χ4n) is 2.89.